The first kappa shape index (κ1) is 22.2. The molecule has 3 rings (SSSR count). The van der Waals surface area contributed by atoms with Crippen molar-refractivity contribution in [2.75, 3.05) is 0 Å². The number of hydrogen-bond acceptors (Lipinski definition) is 2. The number of H-pyrrole nitrogens is 1. The van der Waals surface area contributed by atoms with Crippen LogP contribution in [0.25, 0.3) is 0 Å². The molecular formula is C18H11Cl2F4FeN3. The van der Waals surface area contributed by atoms with Crippen LogP contribution in [0.5, 0.6) is 0 Å². The summed E-state index contributed by atoms with van der Waals surface area (Å²) >= 11 is 0.194. The number of rotatable bonds is 4. The van der Waals surface area contributed by atoms with Gasteiger partial charge >= 0.3 is 33.3 Å². The van der Waals surface area contributed by atoms with E-state index in [1.54, 1.807) is 12.1 Å². The molecule has 0 amide bonds. The summed E-state index contributed by atoms with van der Waals surface area (Å²) in [6, 6.07) is 10.1. The average molecular weight is 472 g/mol. The Morgan fingerprint density at radius 1 is 0.679 bits per heavy atom. The van der Waals surface area contributed by atoms with E-state index in [2.05, 4.69) is 15.0 Å². The van der Waals surface area contributed by atoms with Gasteiger partial charge in [-0.3, -0.25) is 0 Å². The van der Waals surface area contributed by atoms with E-state index in [9.17, 15) is 17.6 Å². The maximum atomic E-state index is 13.5. The van der Waals surface area contributed by atoms with Crippen LogP contribution in [0, 0.1) is 23.3 Å². The predicted octanol–water partition coefficient (Wildman–Crippen LogP) is 6.45. The van der Waals surface area contributed by atoms with Crippen molar-refractivity contribution in [3.8, 4) is 0 Å². The zero-order valence-corrected chi connectivity index (χ0v) is 16.4. The normalized spacial score (nSPS) is 11.2. The van der Waals surface area contributed by atoms with Gasteiger partial charge in [-0.25, -0.2) is 27.5 Å². The molecule has 1 N–H and O–H groups in total. The molecule has 0 fully saturated rings. The Balaban J connectivity index is 0.000000878. The summed E-state index contributed by atoms with van der Waals surface area (Å²) in [6.45, 7) is 0. The first-order valence-corrected chi connectivity index (χ1v) is 10.5. The number of aliphatic imine (C=N–C) groups is 2. The van der Waals surface area contributed by atoms with Crippen LogP contribution in [-0.2, 0) is 13.1 Å². The van der Waals surface area contributed by atoms with Crippen LogP contribution in [0.4, 0.5) is 28.9 Å². The molecule has 10 heteroatoms. The van der Waals surface area contributed by atoms with Gasteiger partial charge in [0.1, 0.15) is 11.4 Å². The number of nitrogens with zero attached hydrogens (tertiary/aromatic N) is 2. The summed E-state index contributed by atoms with van der Waals surface area (Å²) in [5.74, 6) is -3.11. The Morgan fingerprint density at radius 2 is 1.00 bits per heavy atom. The summed E-state index contributed by atoms with van der Waals surface area (Å²) in [7, 11) is 9.53. The van der Waals surface area contributed by atoms with Gasteiger partial charge in [-0.1, -0.05) is 12.1 Å². The van der Waals surface area contributed by atoms with Crippen molar-refractivity contribution in [2.45, 2.75) is 0 Å². The third-order valence-electron chi connectivity index (χ3n) is 3.27. The number of halogens is 6. The number of hydrogen-bond donors (Lipinski definition) is 1. The van der Waals surface area contributed by atoms with E-state index in [0.29, 0.717) is 11.4 Å². The molecule has 1 aromatic heterocycles. The van der Waals surface area contributed by atoms with E-state index in [4.69, 9.17) is 20.2 Å². The van der Waals surface area contributed by atoms with Crippen LogP contribution in [0.2, 0.25) is 0 Å². The molecule has 0 aliphatic carbocycles. The molecule has 0 spiro atoms. The molecule has 3 nitrogen and oxygen atoms in total. The Hall–Kier alpha value is -2.12. The van der Waals surface area contributed by atoms with Gasteiger partial charge in [0, 0.05) is 0 Å². The van der Waals surface area contributed by atoms with Crippen LogP contribution < -0.4 is 0 Å². The summed E-state index contributed by atoms with van der Waals surface area (Å²) in [6.07, 6.45) is 2.48. The fourth-order valence-corrected chi connectivity index (χ4v) is 2.07. The van der Waals surface area contributed by atoms with Crippen LogP contribution in [-0.4, -0.2) is 17.4 Å². The van der Waals surface area contributed by atoms with Gasteiger partial charge in [0.05, 0.1) is 23.8 Å². The van der Waals surface area contributed by atoms with Gasteiger partial charge < -0.3 is 4.98 Å². The molecule has 1 heterocycles. The Bertz CT molecular complexity index is 876. The molecule has 28 heavy (non-hydrogen) atoms. The second-order valence-electron chi connectivity index (χ2n) is 5.08. The zero-order chi connectivity index (χ0) is 20.5. The first-order chi connectivity index (χ1) is 13.5. The maximum absolute atomic E-state index is 13.5. The molecule has 0 atom stereocenters. The molecule has 0 saturated heterocycles. The minimum atomic E-state index is -0.778. The molecule has 0 unspecified atom stereocenters. The Morgan fingerprint density at radius 3 is 1.32 bits per heavy atom. The van der Waals surface area contributed by atoms with E-state index < -0.39 is 34.6 Å². The van der Waals surface area contributed by atoms with E-state index in [1.807, 2.05) is 0 Å². The number of aromatic nitrogens is 1. The monoisotopic (exact) mass is 471 g/mol. The topological polar surface area (TPSA) is 40.5 Å². The standard InChI is InChI=1S/C18H11F4N3.2ClH.Fe/c19-13-3-1-4-14(20)17(13)23-9-11-7-8-12(25-11)10-24-18-15(21)5-2-6-16(18)22;;;/h1-10,25H;2*1H;/q;;;+2/p-2. The van der Waals surface area contributed by atoms with Gasteiger partial charge in [-0.2, -0.15) is 0 Å². The zero-order valence-electron chi connectivity index (χ0n) is 13.8. The van der Waals surface area contributed by atoms with E-state index >= 15 is 0 Å². The summed E-state index contributed by atoms with van der Waals surface area (Å²) in [5.41, 5.74) is 0.0812. The third kappa shape index (κ3) is 6.21. The number of nitrogens with one attached hydrogen (secondary N) is 1. The molecule has 148 valence electrons. The van der Waals surface area contributed by atoms with E-state index in [1.165, 1.54) is 24.6 Å². The van der Waals surface area contributed by atoms with Gasteiger partial charge in [0.25, 0.3) is 0 Å². The molecular weight excluding hydrogens is 461 g/mol. The van der Waals surface area contributed by atoms with Crippen LogP contribution >= 0.6 is 20.2 Å². The van der Waals surface area contributed by atoms with Crippen molar-refractivity contribution in [2.24, 2.45) is 9.98 Å². The molecule has 0 aliphatic heterocycles. The molecule has 2 aromatic carbocycles. The average Bonchev–Trinajstić information content (AvgIpc) is 3.09. The Labute approximate surface area is 172 Å². The third-order valence-corrected chi connectivity index (χ3v) is 3.27. The van der Waals surface area contributed by atoms with Crippen molar-refractivity contribution in [3.05, 3.63) is 83.2 Å². The number of para-hydroxylation sites is 2. The van der Waals surface area contributed by atoms with Gasteiger partial charge in [-0.05, 0) is 36.4 Å². The summed E-state index contributed by atoms with van der Waals surface area (Å²) in [5, 5.41) is 0. The summed E-state index contributed by atoms with van der Waals surface area (Å²) in [4.78, 5) is 10.4. The molecule has 0 bridgehead atoms. The van der Waals surface area contributed by atoms with Crippen molar-refractivity contribution in [1.29, 1.82) is 0 Å². The second kappa shape index (κ2) is 11.0. The minimum absolute atomic E-state index is 0.194. The van der Waals surface area contributed by atoms with Gasteiger partial charge in [-0.15, -0.1) is 0 Å². The number of benzene rings is 2. The van der Waals surface area contributed by atoms with E-state index in [-0.39, 0.29) is 13.1 Å². The van der Waals surface area contributed by atoms with Gasteiger partial charge in [0.15, 0.2) is 23.3 Å². The molecule has 0 radical (unpaired) electrons. The summed E-state index contributed by atoms with van der Waals surface area (Å²) < 4.78 is 53.9. The molecule has 0 aliphatic rings. The first-order valence-electron chi connectivity index (χ1n) is 7.46. The van der Waals surface area contributed by atoms with Gasteiger partial charge in [0.2, 0.25) is 0 Å². The van der Waals surface area contributed by atoms with Crippen LogP contribution in [0.15, 0.2) is 58.5 Å². The van der Waals surface area contributed by atoms with E-state index in [0.717, 1.165) is 24.3 Å². The second-order valence-corrected chi connectivity index (χ2v) is 6.90. The predicted molar refractivity (Wildman–Crippen MR) is 99.7 cm³/mol. The number of aromatic amines is 1. The van der Waals surface area contributed by atoms with Crippen molar-refractivity contribution >= 4 is 44.0 Å². The van der Waals surface area contributed by atoms with Crippen LogP contribution in [0.1, 0.15) is 11.4 Å². The van der Waals surface area contributed by atoms with Crippen molar-refractivity contribution in [3.63, 3.8) is 0 Å². The fourth-order valence-electron chi connectivity index (χ4n) is 2.07. The Kier molecular flexibility index (Phi) is 8.73. The van der Waals surface area contributed by atoms with Crippen molar-refractivity contribution < 1.29 is 30.7 Å². The fraction of sp³-hybridized carbons (Fsp3) is 0. The molecule has 0 saturated carbocycles. The quantitative estimate of drug-likeness (QED) is 0.258. The molecule has 3 aromatic rings. The SMILES string of the molecule is Fc1cccc(F)c1N=Cc1ccc(C=Nc2c(F)cccc2F)[nH]1.[Cl][Fe][Cl]. The van der Waals surface area contributed by atoms with Crippen molar-refractivity contribution in [1.82, 2.24) is 4.98 Å². The van der Waals surface area contributed by atoms with Crippen LogP contribution in [0.3, 0.4) is 0 Å².